The van der Waals surface area contributed by atoms with E-state index in [1.165, 1.54) is 0 Å². The van der Waals surface area contributed by atoms with Gasteiger partial charge < -0.3 is 20.2 Å². The molecule has 2 aromatic rings. The molecular formula is C21H24N2O4. The number of hydrogen-bond acceptors (Lipinski definition) is 4. The Bertz CT molecular complexity index is 783. The Morgan fingerprint density at radius 3 is 2.15 bits per heavy atom. The van der Waals surface area contributed by atoms with Crippen molar-refractivity contribution in [2.24, 2.45) is 0 Å². The molecule has 0 aliphatic heterocycles. The lowest BCUT2D eigenvalue weighted by molar-refractivity contribution is -0.123. The van der Waals surface area contributed by atoms with Crippen LogP contribution in [0.3, 0.4) is 0 Å². The molecule has 142 valence electrons. The van der Waals surface area contributed by atoms with Crippen molar-refractivity contribution >= 4 is 17.6 Å². The van der Waals surface area contributed by atoms with Crippen LogP contribution < -0.4 is 15.4 Å². The molecule has 2 aromatic carbocycles. The third-order valence-corrected chi connectivity index (χ3v) is 3.99. The van der Waals surface area contributed by atoms with E-state index in [-0.39, 0.29) is 24.2 Å². The van der Waals surface area contributed by atoms with Crippen LogP contribution in [-0.2, 0) is 22.6 Å². The summed E-state index contributed by atoms with van der Waals surface area (Å²) in [7, 11) is 1.58. The quantitative estimate of drug-likeness (QED) is 0.711. The van der Waals surface area contributed by atoms with Crippen molar-refractivity contribution in [2.75, 3.05) is 13.7 Å². The molecule has 0 fully saturated rings. The highest BCUT2D eigenvalue weighted by molar-refractivity contribution is 5.93. The second kappa shape index (κ2) is 10.1. The van der Waals surface area contributed by atoms with Crippen LogP contribution in [-0.4, -0.2) is 31.3 Å². The molecule has 0 spiro atoms. The van der Waals surface area contributed by atoms with E-state index < -0.39 is 0 Å². The molecule has 0 saturated heterocycles. The number of rotatable bonds is 9. The van der Waals surface area contributed by atoms with Crippen molar-refractivity contribution < 1.29 is 19.1 Å². The number of amides is 2. The van der Waals surface area contributed by atoms with Crippen molar-refractivity contribution in [1.82, 2.24) is 10.6 Å². The maximum atomic E-state index is 11.9. The largest absolute Gasteiger partial charge is 0.484 e. The van der Waals surface area contributed by atoms with Gasteiger partial charge in [0.05, 0.1) is 0 Å². The van der Waals surface area contributed by atoms with Gasteiger partial charge in [-0.2, -0.15) is 0 Å². The molecule has 0 aliphatic carbocycles. The number of hydrogen-bond donors (Lipinski definition) is 2. The molecule has 6 nitrogen and oxygen atoms in total. The SMILES string of the molecule is CNC(=O)c1ccc(CNC(=O)COc2ccc(CCC(C)=O)cc2)cc1. The van der Waals surface area contributed by atoms with Gasteiger partial charge in [0.15, 0.2) is 6.61 Å². The predicted octanol–water partition coefficient (Wildman–Crippen LogP) is 2.26. The highest BCUT2D eigenvalue weighted by Crippen LogP contribution is 2.13. The topological polar surface area (TPSA) is 84.5 Å². The van der Waals surface area contributed by atoms with Crippen LogP contribution in [0.25, 0.3) is 0 Å². The van der Waals surface area contributed by atoms with E-state index in [4.69, 9.17) is 4.74 Å². The fraction of sp³-hybridized carbons (Fsp3) is 0.286. The molecule has 0 aliphatic rings. The summed E-state index contributed by atoms with van der Waals surface area (Å²) in [6, 6.07) is 14.4. The van der Waals surface area contributed by atoms with E-state index in [1.54, 1.807) is 50.4 Å². The van der Waals surface area contributed by atoms with Crippen molar-refractivity contribution in [1.29, 1.82) is 0 Å². The minimum atomic E-state index is -0.231. The van der Waals surface area contributed by atoms with Crippen molar-refractivity contribution in [3.05, 3.63) is 65.2 Å². The molecule has 2 rings (SSSR count). The zero-order valence-corrected chi connectivity index (χ0v) is 15.6. The average molecular weight is 368 g/mol. The summed E-state index contributed by atoms with van der Waals surface area (Å²) in [4.78, 5) is 34.4. The molecule has 0 bridgehead atoms. The van der Waals surface area contributed by atoms with E-state index >= 15 is 0 Å². The van der Waals surface area contributed by atoms with Crippen molar-refractivity contribution in [2.45, 2.75) is 26.3 Å². The van der Waals surface area contributed by atoms with Crippen LogP contribution in [0, 0.1) is 0 Å². The van der Waals surface area contributed by atoms with E-state index in [0.29, 0.717) is 30.7 Å². The summed E-state index contributed by atoms with van der Waals surface area (Å²) in [6.07, 6.45) is 1.22. The van der Waals surface area contributed by atoms with Crippen LogP contribution in [0.15, 0.2) is 48.5 Å². The molecule has 0 saturated carbocycles. The van der Waals surface area contributed by atoms with Crippen LogP contribution in [0.1, 0.15) is 34.8 Å². The molecule has 0 radical (unpaired) electrons. The number of carbonyl (C=O) groups is 3. The molecule has 2 N–H and O–H groups in total. The molecule has 2 amide bonds. The number of ketones is 1. The van der Waals surface area contributed by atoms with Gasteiger partial charge in [-0.1, -0.05) is 24.3 Å². The maximum Gasteiger partial charge on any atom is 0.258 e. The second-order valence-corrected chi connectivity index (χ2v) is 6.19. The molecule has 6 heteroatoms. The summed E-state index contributed by atoms with van der Waals surface area (Å²) in [5.41, 5.74) is 2.52. The van der Waals surface area contributed by atoms with Gasteiger partial charge in [-0.05, 0) is 48.7 Å². The van der Waals surface area contributed by atoms with E-state index in [2.05, 4.69) is 10.6 Å². The normalized spacial score (nSPS) is 10.1. The van der Waals surface area contributed by atoms with Crippen molar-refractivity contribution in [3.8, 4) is 5.75 Å². The Hall–Kier alpha value is -3.15. The summed E-state index contributed by atoms with van der Waals surface area (Å²) in [5, 5.41) is 5.33. The molecule has 27 heavy (non-hydrogen) atoms. The first-order chi connectivity index (χ1) is 13.0. The number of Topliss-reactive ketones (excluding diaryl/α,β-unsaturated/α-hetero) is 1. The van der Waals surface area contributed by atoms with Gasteiger partial charge in [0.1, 0.15) is 11.5 Å². The number of nitrogens with one attached hydrogen (secondary N) is 2. The number of ether oxygens (including phenoxy) is 1. The van der Waals surface area contributed by atoms with Gasteiger partial charge in [-0.25, -0.2) is 0 Å². The lowest BCUT2D eigenvalue weighted by atomic mass is 10.1. The van der Waals surface area contributed by atoms with E-state index in [9.17, 15) is 14.4 Å². The van der Waals surface area contributed by atoms with Gasteiger partial charge in [0.2, 0.25) is 0 Å². The molecule has 0 atom stereocenters. The molecule has 0 heterocycles. The first-order valence-corrected chi connectivity index (χ1v) is 8.77. The number of aryl methyl sites for hydroxylation is 1. The lowest BCUT2D eigenvalue weighted by Gasteiger charge is -2.09. The summed E-state index contributed by atoms with van der Waals surface area (Å²) in [6.45, 7) is 1.86. The number of carbonyl (C=O) groups excluding carboxylic acids is 3. The Morgan fingerprint density at radius 2 is 1.56 bits per heavy atom. The fourth-order valence-electron chi connectivity index (χ4n) is 2.39. The third-order valence-electron chi connectivity index (χ3n) is 3.99. The monoisotopic (exact) mass is 368 g/mol. The van der Waals surface area contributed by atoms with Crippen LogP contribution in [0.5, 0.6) is 5.75 Å². The fourth-order valence-corrected chi connectivity index (χ4v) is 2.39. The minimum absolute atomic E-state index is 0.0802. The first-order valence-electron chi connectivity index (χ1n) is 8.77. The Labute approximate surface area is 158 Å². The zero-order chi connectivity index (χ0) is 19.6. The summed E-state index contributed by atoms with van der Waals surface area (Å²) < 4.78 is 5.47. The predicted molar refractivity (Wildman–Crippen MR) is 103 cm³/mol. The standard InChI is InChI=1S/C21H24N2O4/c1-15(24)3-4-16-7-11-19(12-8-16)27-14-20(25)23-13-17-5-9-18(10-6-17)21(26)22-2/h5-12H,3-4,13-14H2,1-2H3,(H,22,26)(H,23,25). The first kappa shape index (κ1) is 20.2. The Kier molecular flexibility index (Phi) is 7.55. The zero-order valence-electron chi connectivity index (χ0n) is 15.6. The van der Waals surface area contributed by atoms with Gasteiger partial charge >= 0.3 is 0 Å². The van der Waals surface area contributed by atoms with Crippen molar-refractivity contribution in [3.63, 3.8) is 0 Å². The maximum absolute atomic E-state index is 11.9. The lowest BCUT2D eigenvalue weighted by Crippen LogP contribution is -2.28. The highest BCUT2D eigenvalue weighted by atomic mass is 16.5. The smallest absolute Gasteiger partial charge is 0.258 e. The number of benzene rings is 2. The summed E-state index contributed by atoms with van der Waals surface area (Å²) >= 11 is 0. The van der Waals surface area contributed by atoms with Crippen LogP contribution >= 0.6 is 0 Å². The Morgan fingerprint density at radius 1 is 0.926 bits per heavy atom. The van der Waals surface area contributed by atoms with Gasteiger partial charge in [0.25, 0.3) is 11.8 Å². The minimum Gasteiger partial charge on any atom is -0.484 e. The molecule has 0 unspecified atom stereocenters. The third kappa shape index (κ3) is 6.93. The summed E-state index contributed by atoms with van der Waals surface area (Å²) in [5.74, 6) is 0.388. The van der Waals surface area contributed by atoms with Crippen LogP contribution in [0.4, 0.5) is 0 Å². The van der Waals surface area contributed by atoms with E-state index in [0.717, 1.165) is 11.1 Å². The van der Waals surface area contributed by atoms with Crippen LogP contribution in [0.2, 0.25) is 0 Å². The van der Waals surface area contributed by atoms with Gasteiger partial charge in [0, 0.05) is 25.6 Å². The average Bonchev–Trinajstić information content (AvgIpc) is 2.69. The van der Waals surface area contributed by atoms with Gasteiger partial charge in [-0.3, -0.25) is 9.59 Å². The molecule has 0 aromatic heterocycles. The second-order valence-electron chi connectivity index (χ2n) is 6.19. The highest BCUT2D eigenvalue weighted by Gasteiger charge is 2.05. The molecular weight excluding hydrogens is 344 g/mol. The Balaban J connectivity index is 1.74. The van der Waals surface area contributed by atoms with E-state index in [1.807, 2.05) is 12.1 Å². The van der Waals surface area contributed by atoms with Gasteiger partial charge in [-0.15, -0.1) is 0 Å².